The van der Waals surface area contributed by atoms with E-state index in [2.05, 4.69) is 17.1 Å². The van der Waals surface area contributed by atoms with Gasteiger partial charge in [-0.25, -0.2) is 0 Å². The topological polar surface area (TPSA) is 42.9 Å². The molecular formula is C7H8N2OS. The molecule has 0 saturated heterocycles. The van der Waals surface area contributed by atoms with Gasteiger partial charge < -0.3 is 0 Å². The maximum Gasteiger partial charge on any atom is 0.180 e. The van der Waals surface area contributed by atoms with Gasteiger partial charge in [0.1, 0.15) is 5.01 Å². The summed E-state index contributed by atoms with van der Waals surface area (Å²) >= 11 is 1.41. The molecule has 1 aromatic rings. The smallest absolute Gasteiger partial charge is 0.180 e. The van der Waals surface area contributed by atoms with Gasteiger partial charge in [0.15, 0.2) is 11.3 Å². The van der Waals surface area contributed by atoms with E-state index in [0.29, 0.717) is 5.01 Å². The number of carbonyl (C=O) groups excluding carboxylic acids is 1. The molecule has 0 aromatic carbocycles. The van der Waals surface area contributed by atoms with Crippen molar-refractivity contribution in [3.8, 4) is 0 Å². The van der Waals surface area contributed by atoms with Crippen molar-refractivity contribution < 1.29 is 4.79 Å². The van der Waals surface area contributed by atoms with E-state index in [1.54, 1.807) is 0 Å². The van der Waals surface area contributed by atoms with Gasteiger partial charge in [0.25, 0.3) is 0 Å². The third-order valence-electron chi connectivity index (χ3n) is 2.06. The lowest BCUT2D eigenvalue weighted by molar-refractivity contribution is 0.112. The Kier molecular flexibility index (Phi) is 1.32. The molecule has 2 rings (SSSR count). The minimum Gasteiger partial charge on any atom is -0.295 e. The first-order valence-electron chi connectivity index (χ1n) is 3.54. The third-order valence-corrected chi connectivity index (χ3v) is 3.21. The summed E-state index contributed by atoms with van der Waals surface area (Å²) in [6, 6.07) is 0. The molecular weight excluding hydrogens is 160 g/mol. The van der Waals surface area contributed by atoms with E-state index < -0.39 is 0 Å². The zero-order chi connectivity index (χ0) is 7.90. The van der Waals surface area contributed by atoms with Crippen LogP contribution in [0.1, 0.15) is 34.6 Å². The molecule has 0 bridgehead atoms. The Hall–Kier alpha value is -0.770. The first kappa shape index (κ1) is 6.91. The zero-order valence-corrected chi connectivity index (χ0v) is 7.02. The molecule has 0 unspecified atom stereocenters. The van der Waals surface area contributed by atoms with Gasteiger partial charge in [-0.3, -0.25) is 4.79 Å². The fourth-order valence-corrected chi connectivity index (χ4v) is 1.79. The van der Waals surface area contributed by atoms with Crippen molar-refractivity contribution in [3.63, 3.8) is 0 Å². The Labute approximate surface area is 68.5 Å². The highest BCUT2D eigenvalue weighted by Gasteiger charge is 2.42. The molecule has 0 radical (unpaired) electrons. The molecule has 0 atom stereocenters. The Morgan fingerprint density at radius 1 is 1.55 bits per heavy atom. The summed E-state index contributed by atoms with van der Waals surface area (Å²) in [5, 5.41) is 9.21. The number of nitrogens with zero attached hydrogens (tertiary/aromatic N) is 2. The average molecular weight is 168 g/mol. The Balaban J connectivity index is 2.32. The number of hydrogen-bond donors (Lipinski definition) is 0. The van der Waals surface area contributed by atoms with E-state index in [1.807, 2.05) is 0 Å². The minimum absolute atomic E-state index is 0.249. The summed E-state index contributed by atoms with van der Waals surface area (Å²) in [6.45, 7) is 2.15. The van der Waals surface area contributed by atoms with Crippen molar-refractivity contribution in [2.24, 2.45) is 0 Å². The largest absolute Gasteiger partial charge is 0.295 e. The molecule has 1 aliphatic rings. The van der Waals surface area contributed by atoms with Crippen LogP contribution >= 0.6 is 11.3 Å². The van der Waals surface area contributed by atoms with E-state index in [0.717, 1.165) is 11.3 Å². The maximum atomic E-state index is 10.3. The summed E-state index contributed by atoms with van der Waals surface area (Å²) in [7, 11) is 0. The predicted molar refractivity (Wildman–Crippen MR) is 41.9 cm³/mol. The number of rotatable bonds is 2. The van der Waals surface area contributed by atoms with Crippen LogP contribution in [0.5, 0.6) is 0 Å². The van der Waals surface area contributed by atoms with Gasteiger partial charge in [-0.1, -0.05) is 18.3 Å². The average Bonchev–Trinajstić information content (AvgIpc) is 2.61. The summed E-state index contributed by atoms with van der Waals surface area (Å²) < 4.78 is 0. The van der Waals surface area contributed by atoms with E-state index >= 15 is 0 Å². The van der Waals surface area contributed by atoms with Gasteiger partial charge in [0.2, 0.25) is 0 Å². The van der Waals surface area contributed by atoms with E-state index in [4.69, 9.17) is 0 Å². The summed E-state index contributed by atoms with van der Waals surface area (Å²) in [5.74, 6) is 0. The van der Waals surface area contributed by atoms with Gasteiger partial charge in [-0.05, 0) is 12.8 Å². The molecule has 58 valence electrons. The van der Waals surface area contributed by atoms with Gasteiger partial charge in [-0.2, -0.15) is 0 Å². The highest BCUT2D eigenvalue weighted by molar-refractivity contribution is 7.13. The molecule has 1 saturated carbocycles. The van der Waals surface area contributed by atoms with Crippen molar-refractivity contribution in [2.75, 3.05) is 0 Å². The van der Waals surface area contributed by atoms with Crippen LogP contribution in [0.4, 0.5) is 0 Å². The molecule has 1 heterocycles. The highest BCUT2D eigenvalue weighted by atomic mass is 32.1. The molecule has 1 aliphatic carbocycles. The zero-order valence-electron chi connectivity index (χ0n) is 6.20. The van der Waals surface area contributed by atoms with Crippen LogP contribution in [-0.4, -0.2) is 16.5 Å². The van der Waals surface area contributed by atoms with Gasteiger partial charge in [0, 0.05) is 5.41 Å². The summed E-state index contributed by atoms with van der Waals surface area (Å²) in [5.41, 5.74) is 0.249. The van der Waals surface area contributed by atoms with Gasteiger partial charge in [-0.15, -0.1) is 10.2 Å². The standard InChI is InChI=1S/C7H8N2OS/c1-7(2-3-7)6-9-8-5(4-10)11-6/h4H,2-3H2,1H3. The molecule has 0 aliphatic heterocycles. The Morgan fingerprint density at radius 3 is 2.73 bits per heavy atom. The van der Waals surface area contributed by atoms with Crippen molar-refractivity contribution in [1.29, 1.82) is 0 Å². The van der Waals surface area contributed by atoms with E-state index in [1.165, 1.54) is 24.2 Å². The van der Waals surface area contributed by atoms with E-state index in [9.17, 15) is 4.79 Å². The van der Waals surface area contributed by atoms with Crippen LogP contribution in [0.25, 0.3) is 0 Å². The second-order valence-electron chi connectivity index (χ2n) is 3.12. The number of hydrogen-bond acceptors (Lipinski definition) is 4. The molecule has 11 heavy (non-hydrogen) atoms. The second kappa shape index (κ2) is 2.11. The summed E-state index contributed by atoms with van der Waals surface area (Å²) in [6.07, 6.45) is 3.12. The van der Waals surface area contributed by atoms with Crippen LogP contribution < -0.4 is 0 Å². The highest BCUT2D eigenvalue weighted by Crippen LogP contribution is 2.48. The van der Waals surface area contributed by atoms with Crippen LogP contribution in [0.15, 0.2) is 0 Å². The third kappa shape index (κ3) is 1.07. The molecule has 0 amide bonds. The van der Waals surface area contributed by atoms with Crippen molar-refractivity contribution in [3.05, 3.63) is 10.0 Å². The molecule has 1 fully saturated rings. The van der Waals surface area contributed by atoms with Crippen LogP contribution in [0.2, 0.25) is 0 Å². The molecule has 0 N–H and O–H groups in total. The number of aldehydes is 1. The first-order valence-corrected chi connectivity index (χ1v) is 4.35. The lowest BCUT2D eigenvalue weighted by atomic mass is 10.2. The van der Waals surface area contributed by atoms with Crippen LogP contribution in [-0.2, 0) is 5.41 Å². The quantitative estimate of drug-likeness (QED) is 0.627. The minimum atomic E-state index is 0.249. The fraction of sp³-hybridized carbons (Fsp3) is 0.571. The predicted octanol–water partition coefficient (Wildman–Crippen LogP) is 1.40. The first-order chi connectivity index (χ1) is 5.24. The van der Waals surface area contributed by atoms with Crippen LogP contribution in [0.3, 0.4) is 0 Å². The van der Waals surface area contributed by atoms with Gasteiger partial charge in [0.05, 0.1) is 0 Å². The lowest BCUT2D eigenvalue weighted by Crippen LogP contribution is -1.97. The lowest BCUT2D eigenvalue weighted by Gasteiger charge is -1.97. The van der Waals surface area contributed by atoms with E-state index in [-0.39, 0.29) is 5.41 Å². The van der Waals surface area contributed by atoms with Crippen molar-refractivity contribution >= 4 is 17.6 Å². The normalized spacial score (nSPS) is 19.7. The molecule has 3 nitrogen and oxygen atoms in total. The molecule has 0 spiro atoms. The number of carbonyl (C=O) groups is 1. The monoisotopic (exact) mass is 168 g/mol. The summed E-state index contributed by atoms with van der Waals surface area (Å²) in [4.78, 5) is 10.3. The van der Waals surface area contributed by atoms with Gasteiger partial charge >= 0.3 is 0 Å². The fourth-order valence-electron chi connectivity index (χ4n) is 0.927. The Bertz CT molecular complexity index is 290. The molecule has 4 heteroatoms. The number of aromatic nitrogens is 2. The second-order valence-corrected chi connectivity index (χ2v) is 4.13. The SMILES string of the molecule is CC1(c2nnc(C=O)s2)CC1. The van der Waals surface area contributed by atoms with Crippen molar-refractivity contribution in [1.82, 2.24) is 10.2 Å². The maximum absolute atomic E-state index is 10.3. The molecule has 1 aromatic heterocycles. The van der Waals surface area contributed by atoms with Crippen LogP contribution in [0, 0.1) is 0 Å². The van der Waals surface area contributed by atoms with Crippen molar-refractivity contribution in [2.45, 2.75) is 25.2 Å². The Morgan fingerprint density at radius 2 is 2.27 bits per heavy atom.